The van der Waals surface area contributed by atoms with Crippen LogP contribution < -0.4 is 9.47 Å². The zero-order valence-electron chi connectivity index (χ0n) is 15.5. The average Bonchev–Trinajstić information content (AvgIpc) is 3.18. The lowest BCUT2D eigenvalue weighted by atomic mass is 10.0. The van der Waals surface area contributed by atoms with E-state index in [2.05, 4.69) is 9.89 Å². The van der Waals surface area contributed by atoms with E-state index in [0.717, 1.165) is 5.56 Å². The molecule has 1 aliphatic rings. The highest BCUT2D eigenvalue weighted by atomic mass is 19.3. The number of amides is 1. The number of rotatable bonds is 7. The van der Waals surface area contributed by atoms with Gasteiger partial charge in [0.05, 0.1) is 7.11 Å². The van der Waals surface area contributed by atoms with E-state index in [1.165, 1.54) is 24.1 Å². The molecule has 0 radical (unpaired) electrons. The van der Waals surface area contributed by atoms with Gasteiger partial charge in [-0.3, -0.25) is 4.79 Å². The molecule has 0 aromatic heterocycles. The number of carbonyl (C=O) groups excluding carboxylic acids is 1. The number of alkyl halides is 2. The molecule has 2 aromatic carbocycles. The number of halogens is 2. The number of oxime groups is 1. The van der Waals surface area contributed by atoms with Crippen molar-refractivity contribution in [3.05, 3.63) is 59.7 Å². The standard InChI is InChI=1S/C20H20F2N2O4/c1-24(12-13-8-9-16(26-2)18(10-13)27-20(21)22)19(25)15-11-17(28-23-15)14-6-4-3-5-7-14/h3-10,17,20H,11-12H2,1-2H3. The molecule has 0 saturated heterocycles. The monoisotopic (exact) mass is 390 g/mol. The molecule has 0 fully saturated rings. The largest absolute Gasteiger partial charge is 0.493 e. The first-order chi connectivity index (χ1) is 13.5. The van der Waals surface area contributed by atoms with Crippen molar-refractivity contribution in [2.75, 3.05) is 14.2 Å². The van der Waals surface area contributed by atoms with E-state index in [0.29, 0.717) is 17.7 Å². The van der Waals surface area contributed by atoms with E-state index in [1.807, 2.05) is 30.3 Å². The second-order valence-corrected chi connectivity index (χ2v) is 6.27. The fourth-order valence-corrected chi connectivity index (χ4v) is 2.92. The predicted octanol–water partition coefficient (Wildman–Crippen LogP) is 3.77. The van der Waals surface area contributed by atoms with Gasteiger partial charge in [-0.1, -0.05) is 41.6 Å². The van der Waals surface area contributed by atoms with Crippen LogP contribution in [0.5, 0.6) is 11.5 Å². The summed E-state index contributed by atoms with van der Waals surface area (Å²) in [5, 5.41) is 3.92. The molecule has 1 heterocycles. The average molecular weight is 390 g/mol. The first-order valence-electron chi connectivity index (χ1n) is 8.62. The number of methoxy groups -OCH3 is 1. The number of ether oxygens (including phenoxy) is 2. The molecular formula is C20H20F2N2O4. The number of hydrogen-bond donors (Lipinski definition) is 0. The third-order valence-electron chi connectivity index (χ3n) is 4.30. The lowest BCUT2D eigenvalue weighted by Crippen LogP contribution is -2.32. The molecule has 0 bridgehead atoms. The van der Waals surface area contributed by atoms with Crippen LogP contribution in [0.1, 0.15) is 23.7 Å². The topological polar surface area (TPSA) is 60.4 Å². The Labute approximate surface area is 161 Å². The summed E-state index contributed by atoms with van der Waals surface area (Å²) in [7, 11) is 2.98. The predicted molar refractivity (Wildman–Crippen MR) is 98.4 cm³/mol. The maximum Gasteiger partial charge on any atom is 0.387 e. The highest BCUT2D eigenvalue weighted by molar-refractivity contribution is 6.38. The van der Waals surface area contributed by atoms with Crippen LogP contribution in [0, 0.1) is 0 Å². The van der Waals surface area contributed by atoms with E-state index < -0.39 is 6.61 Å². The third-order valence-corrected chi connectivity index (χ3v) is 4.30. The number of hydrogen-bond acceptors (Lipinski definition) is 5. The van der Waals surface area contributed by atoms with Crippen LogP contribution in [0.25, 0.3) is 0 Å². The molecule has 8 heteroatoms. The molecule has 148 valence electrons. The Morgan fingerprint density at radius 3 is 2.68 bits per heavy atom. The zero-order chi connectivity index (χ0) is 20.1. The SMILES string of the molecule is COc1ccc(CN(C)C(=O)C2=NOC(c3ccccc3)C2)cc1OC(F)F. The molecular weight excluding hydrogens is 370 g/mol. The van der Waals surface area contributed by atoms with Crippen LogP contribution in [0.4, 0.5) is 8.78 Å². The molecule has 1 amide bonds. The quantitative estimate of drug-likeness (QED) is 0.722. The maximum atomic E-state index is 12.7. The Morgan fingerprint density at radius 1 is 1.25 bits per heavy atom. The van der Waals surface area contributed by atoms with Gasteiger partial charge in [-0.25, -0.2) is 0 Å². The lowest BCUT2D eigenvalue weighted by molar-refractivity contribution is -0.123. The van der Waals surface area contributed by atoms with Crippen molar-refractivity contribution < 1.29 is 27.9 Å². The van der Waals surface area contributed by atoms with Gasteiger partial charge in [0.2, 0.25) is 0 Å². The van der Waals surface area contributed by atoms with E-state index >= 15 is 0 Å². The Bertz CT molecular complexity index is 859. The van der Waals surface area contributed by atoms with Gasteiger partial charge in [0.1, 0.15) is 5.71 Å². The van der Waals surface area contributed by atoms with E-state index in [4.69, 9.17) is 9.57 Å². The van der Waals surface area contributed by atoms with Gasteiger partial charge in [-0.05, 0) is 23.3 Å². The third kappa shape index (κ3) is 4.57. The molecule has 0 N–H and O–H groups in total. The fraction of sp³-hybridized carbons (Fsp3) is 0.300. The molecule has 0 spiro atoms. The second kappa shape index (κ2) is 8.69. The zero-order valence-corrected chi connectivity index (χ0v) is 15.5. The van der Waals surface area contributed by atoms with Crippen molar-refractivity contribution in [3.63, 3.8) is 0 Å². The van der Waals surface area contributed by atoms with Crippen LogP contribution in [0.3, 0.4) is 0 Å². The van der Waals surface area contributed by atoms with Crippen LogP contribution >= 0.6 is 0 Å². The van der Waals surface area contributed by atoms with Gasteiger partial charge in [0, 0.05) is 20.0 Å². The van der Waals surface area contributed by atoms with Crippen LogP contribution in [-0.4, -0.2) is 37.3 Å². The minimum Gasteiger partial charge on any atom is -0.493 e. The van der Waals surface area contributed by atoms with Gasteiger partial charge < -0.3 is 19.2 Å². The van der Waals surface area contributed by atoms with Crippen LogP contribution in [0.15, 0.2) is 53.7 Å². The number of nitrogens with zero attached hydrogens (tertiary/aromatic N) is 2. The molecule has 0 aliphatic carbocycles. The molecule has 6 nitrogen and oxygen atoms in total. The summed E-state index contributed by atoms with van der Waals surface area (Å²) < 4.78 is 34.6. The van der Waals surface area contributed by atoms with Crippen molar-refractivity contribution in [2.24, 2.45) is 5.16 Å². The summed E-state index contributed by atoms with van der Waals surface area (Å²) >= 11 is 0. The summed E-state index contributed by atoms with van der Waals surface area (Å²) in [6.45, 7) is -2.78. The smallest absolute Gasteiger partial charge is 0.387 e. The lowest BCUT2D eigenvalue weighted by Gasteiger charge is -2.18. The summed E-state index contributed by atoms with van der Waals surface area (Å²) in [6.07, 6.45) is 0.0794. The van der Waals surface area contributed by atoms with E-state index in [-0.39, 0.29) is 30.1 Å². The van der Waals surface area contributed by atoms with Crippen molar-refractivity contribution >= 4 is 11.6 Å². The Balaban J connectivity index is 1.65. The highest BCUT2D eigenvalue weighted by Gasteiger charge is 2.29. The molecule has 1 atom stereocenters. The molecule has 28 heavy (non-hydrogen) atoms. The second-order valence-electron chi connectivity index (χ2n) is 6.27. The summed E-state index contributed by atoms with van der Waals surface area (Å²) in [5.41, 5.74) is 1.88. The van der Waals surface area contributed by atoms with Crippen molar-refractivity contribution in [3.8, 4) is 11.5 Å². The normalized spacial score (nSPS) is 15.8. The first kappa shape index (κ1) is 19.6. The summed E-state index contributed by atoms with van der Waals surface area (Å²) in [6, 6.07) is 14.2. The van der Waals surface area contributed by atoms with Gasteiger partial charge in [0.25, 0.3) is 5.91 Å². The molecule has 2 aromatic rings. The van der Waals surface area contributed by atoms with E-state index in [9.17, 15) is 13.6 Å². The number of carbonyl (C=O) groups is 1. The fourth-order valence-electron chi connectivity index (χ4n) is 2.92. The van der Waals surface area contributed by atoms with Gasteiger partial charge >= 0.3 is 6.61 Å². The minimum atomic E-state index is -2.97. The van der Waals surface area contributed by atoms with Gasteiger partial charge in [-0.15, -0.1) is 0 Å². The van der Waals surface area contributed by atoms with Gasteiger partial charge in [0.15, 0.2) is 17.6 Å². The Morgan fingerprint density at radius 2 is 2.00 bits per heavy atom. The highest BCUT2D eigenvalue weighted by Crippen LogP contribution is 2.30. The van der Waals surface area contributed by atoms with Crippen molar-refractivity contribution in [1.29, 1.82) is 0 Å². The Hall–Kier alpha value is -3.16. The van der Waals surface area contributed by atoms with Crippen molar-refractivity contribution in [1.82, 2.24) is 4.90 Å². The molecule has 0 saturated carbocycles. The first-order valence-corrected chi connectivity index (χ1v) is 8.62. The Kier molecular flexibility index (Phi) is 6.08. The van der Waals surface area contributed by atoms with Gasteiger partial charge in [-0.2, -0.15) is 8.78 Å². The molecule has 1 unspecified atom stereocenters. The van der Waals surface area contributed by atoms with Crippen LogP contribution in [0.2, 0.25) is 0 Å². The minimum absolute atomic E-state index is 0.0819. The molecule has 3 rings (SSSR count). The molecule has 1 aliphatic heterocycles. The maximum absolute atomic E-state index is 12.7. The van der Waals surface area contributed by atoms with E-state index in [1.54, 1.807) is 13.1 Å². The van der Waals surface area contributed by atoms with Crippen molar-refractivity contribution in [2.45, 2.75) is 25.7 Å². The number of benzene rings is 2. The summed E-state index contributed by atoms with van der Waals surface area (Å²) in [4.78, 5) is 19.5. The summed E-state index contributed by atoms with van der Waals surface area (Å²) in [5.74, 6) is -0.176. The van der Waals surface area contributed by atoms with Crippen LogP contribution in [-0.2, 0) is 16.2 Å².